The number of hydrogen-bond acceptors (Lipinski definition) is 5. The first-order valence-electron chi connectivity index (χ1n) is 7.01. The third-order valence-electron chi connectivity index (χ3n) is 3.36. The Balaban J connectivity index is 2.34. The lowest BCUT2D eigenvalue weighted by Gasteiger charge is -2.09. The molecule has 0 spiro atoms. The largest absolute Gasteiger partial charge is 0.502 e. The van der Waals surface area contributed by atoms with Crippen LogP contribution in [0, 0.1) is 0 Å². The van der Waals surface area contributed by atoms with E-state index < -0.39 is 0 Å². The molecule has 0 radical (unpaired) electrons. The normalized spacial score (nSPS) is 10.7. The number of ether oxygens (including phenoxy) is 3. The average molecular weight is 349 g/mol. The van der Waals surface area contributed by atoms with Crippen LogP contribution < -0.4 is 14.2 Å². The van der Waals surface area contributed by atoms with Gasteiger partial charge in [-0.2, -0.15) is 0 Å². The van der Waals surface area contributed by atoms with Crippen LogP contribution in [0.25, 0.3) is 6.08 Å². The first-order valence-corrected chi connectivity index (χ1v) is 7.39. The molecule has 5 nitrogen and oxygen atoms in total. The molecule has 6 heteroatoms. The van der Waals surface area contributed by atoms with E-state index in [0.29, 0.717) is 21.9 Å². The van der Waals surface area contributed by atoms with E-state index in [2.05, 4.69) is 0 Å². The summed E-state index contributed by atoms with van der Waals surface area (Å²) in [5.41, 5.74) is 0.995. The molecule has 0 aliphatic rings. The third-order valence-corrected chi connectivity index (χ3v) is 3.59. The number of halogens is 1. The maximum absolute atomic E-state index is 12.4. The number of hydrogen-bond donors (Lipinski definition) is 1. The lowest BCUT2D eigenvalue weighted by atomic mass is 10.1. The molecule has 0 fully saturated rings. The summed E-state index contributed by atoms with van der Waals surface area (Å²) < 4.78 is 15.3. The van der Waals surface area contributed by atoms with Crippen molar-refractivity contribution in [1.82, 2.24) is 0 Å². The Morgan fingerprint density at radius 2 is 1.58 bits per heavy atom. The molecule has 2 rings (SSSR count). The van der Waals surface area contributed by atoms with Gasteiger partial charge in [0, 0.05) is 5.02 Å². The molecule has 126 valence electrons. The summed E-state index contributed by atoms with van der Waals surface area (Å²) in [4.78, 5) is 12.4. The van der Waals surface area contributed by atoms with Gasteiger partial charge in [-0.15, -0.1) is 0 Å². The van der Waals surface area contributed by atoms with Crippen molar-refractivity contribution in [2.24, 2.45) is 0 Å². The number of methoxy groups -OCH3 is 3. The Morgan fingerprint density at radius 3 is 2.12 bits per heavy atom. The zero-order valence-corrected chi connectivity index (χ0v) is 14.3. The Kier molecular flexibility index (Phi) is 5.71. The van der Waals surface area contributed by atoms with Gasteiger partial charge in [0.1, 0.15) is 5.75 Å². The third kappa shape index (κ3) is 3.81. The monoisotopic (exact) mass is 348 g/mol. The zero-order valence-electron chi connectivity index (χ0n) is 13.5. The highest BCUT2D eigenvalue weighted by atomic mass is 35.5. The number of carbonyl (C=O) groups excluding carboxylic acids is 1. The number of ketones is 1. The minimum Gasteiger partial charge on any atom is -0.502 e. The molecule has 0 aliphatic carbocycles. The van der Waals surface area contributed by atoms with E-state index in [0.717, 1.165) is 0 Å². The van der Waals surface area contributed by atoms with Gasteiger partial charge in [-0.25, -0.2) is 0 Å². The maximum Gasteiger partial charge on any atom is 0.200 e. The van der Waals surface area contributed by atoms with Gasteiger partial charge in [-0.1, -0.05) is 17.7 Å². The summed E-state index contributed by atoms with van der Waals surface area (Å²) in [5.74, 6) is 0.582. The minimum atomic E-state index is -0.264. The van der Waals surface area contributed by atoms with Crippen LogP contribution in [0.1, 0.15) is 15.9 Å². The molecular weight excluding hydrogens is 332 g/mol. The number of carbonyl (C=O) groups is 1. The Labute approximate surface area is 145 Å². The quantitative estimate of drug-likeness (QED) is 0.632. The highest BCUT2D eigenvalue weighted by Gasteiger charge is 2.12. The molecular formula is C18H17ClO5. The summed E-state index contributed by atoms with van der Waals surface area (Å²) >= 11 is 5.94. The summed E-state index contributed by atoms with van der Waals surface area (Å²) in [6.07, 6.45) is 2.98. The van der Waals surface area contributed by atoms with Crippen LogP contribution in [-0.2, 0) is 0 Å². The molecule has 0 saturated heterocycles. The lowest BCUT2D eigenvalue weighted by molar-refractivity contribution is 0.104. The highest BCUT2D eigenvalue weighted by Crippen LogP contribution is 2.37. The second-order valence-electron chi connectivity index (χ2n) is 4.82. The second-order valence-corrected chi connectivity index (χ2v) is 5.25. The van der Waals surface area contributed by atoms with Crippen LogP contribution in [0.5, 0.6) is 23.0 Å². The number of benzene rings is 2. The molecule has 0 bridgehead atoms. The molecule has 2 aromatic carbocycles. The fourth-order valence-electron chi connectivity index (χ4n) is 2.14. The molecule has 0 unspecified atom stereocenters. The van der Waals surface area contributed by atoms with Crippen molar-refractivity contribution in [3.05, 3.63) is 52.6 Å². The first kappa shape index (κ1) is 17.7. The van der Waals surface area contributed by atoms with E-state index in [1.807, 2.05) is 0 Å². The van der Waals surface area contributed by atoms with Crippen LogP contribution in [0.15, 0.2) is 36.4 Å². The standard InChI is InChI=1S/C18H17ClO5/c1-22-15-7-5-12(19)10-13(15)14(20)6-4-11-8-16(23-2)18(21)17(9-11)24-3/h4-10,21H,1-3H3/b6-4+. The topological polar surface area (TPSA) is 65.0 Å². The van der Waals surface area contributed by atoms with Crippen molar-refractivity contribution in [2.75, 3.05) is 21.3 Å². The number of allylic oxidation sites excluding steroid dienone is 1. The predicted molar refractivity (Wildman–Crippen MR) is 92.6 cm³/mol. The first-order chi connectivity index (χ1) is 11.5. The van der Waals surface area contributed by atoms with Crippen LogP contribution in [0.2, 0.25) is 5.02 Å². The number of rotatable bonds is 6. The van der Waals surface area contributed by atoms with E-state index in [1.54, 1.807) is 36.4 Å². The van der Waals surface area contributed by atoms with Gasteiger partial charge in [0.2, 0.25) is 5.75 Å². The molecule has 0 aliphatic heterocycles. The molecule has 2 aromatic rings. The Hall–Kier alpha value is -2.66. The molecule has 0 saturated carbocycles. The van der Waals surface area contributed by atoms with Gasteiger partial charge in [-0.3, -0.25) is 4.79 Å². The zero-order chi connectivity index (χ0) is 17.7. The van der Waals surface area contributed by atoms with Gasteiger partial charge in [0.15, 0.2) is 17.3 Å². The number of phenolic OH excluding ortho intramolecular Hbond substituents is 1. The van der Waals surface area contributed by atoms with E-state index in [1.165, 1.54) is 27.4 Å². The lowest BCUT2D eigenvalue weighted by Crippen LogP contribution is -1.99. The fourth-order valence-corrected chi connectivity index (χ4v) is 2.32. The molecule has 0 heterocycles. The van der Waals surface area contributed by atoms with E-state index >= 15 is 0 Å². The molecule has 24 heavy (non-hydrogen) atoms. The predicted octanol–water partition coefficient (Wildman–Crippen LogP) is 3.97. The second kappa shape index (κ2) is 7.75. The smallest absolute Gasteiger partial charge is 0.200 e. The van der Waals surface area contributed by atoms with Crippen molar-refractivity contribution in [3.63, 3.8) is 0 Å². The SMILES string of the molecule is COc1ccc(Cl)cc1C(=O)/C=C/c1cc(OC)c(O)c(OC)c1. The van der Waals surface area contributed by atoms with Crippen molar-refractivity contribution in [2.45, 2.75) is 0 Å². The van der Waals surface area contributed by atoms with Crippen molar-refractivity contribution >= 4 is 23.5 Å². The number of aromatic hydroxyl groups is 1. The maximum atomic E-state index is 12.4. The Bertz CT molecular complexity index is 758. The van der Waals surface area contributed by atoms with E-state index in [-0.39, 0.29) is 23.0 Å². The van der Waals surface area contributed by atoms with E-state index in [9.17, 15) is 9.90 Å². The van der Waals surface area contributed by atoms with Crippen molar-refractivity contribution in [3.8, 4) is 23.0 Å². The average Bonchev–Trinajstić information content (AvgIpc) is 2.60. The minimum absolute atomic E-state index is 0.0972. The summed E-state index contributed by atoms with van der Waals surface area (Å²) in [7, 11) is 4.35. The van der Waals surface area contributed by atoms with Crippen molar-refractivity contribution in [1.29, 1.82) is 0 Å². The number of phenols is 1. The molecule has 0 amide bonds. The Morgan fingerprint density at radius 1 is 1.00 bits per heavy atom. The summed E-state index contributed by atoms with van der Waals surface area (Å²) in [6, 6.07) is 8.02. The van der Waals surface area contributed by atoms with Crippen LogP contribution in [-0.4, -0.2) is 32.2 Å². The molecule has 0 atom stereocenters. The highest BCUT2D eigenvalue weighted by molar-refractivity contribution is 6.31. The van der Waals surface area contributed by atoms with Gasteiger partial charge < -0.3 is 19.3 Å². The van der Waals surface area contributed by atoms with Crippen LogP contribution in [0.4, 0.5) is 0 Å². The van der Waals surface area contributed by atoms with Crippen LogP contribution in [0.3, 0.4) is 0 Å². The molecule has 1 N–H and O–H groups in total. The van der Waals surface area contributed by atoms with Crippen molar-refractivity contribution < 1.29 is 24.1 Å². The summed E-state index contributed by atoms with van der Waals surface area (Å²) in [5, 5.41) is 10.3. The van der Waals surface area contributed by atoms with Crippen LogP contribution >= 0.6 is 11.6 Å². The van der Waals surface area contributed by atoms with Gasteiger partial charge in [0.25, 0.3) is 0 Å². The molecule has 0 aromatic heterocycles. The van der Waals surface area contributed by atoms with Gasteiger partial charge in [0.05, 0.1) is 26.9 Å². The van der Waals surface area contributed by atoms with Gasteiger partial charge in [-0.05, 0) is 42.0 Å². The fraction of sp³-hybridized carbons (Fsp3) is 0.167. The van der Waals surface area contributed by atoms with E-state index in [4.69, 9.17) is 25.8 Å². The summed E-state index contributed by atoms with van der Waals surface area (Å²) in [6.45, 7) is 0. The van der Waals surface area contributed by atoms with Gasteiger partial charge >= 0.3 is 0 Å².